The molecule has 0 saturated heterocycles. The number of anilines is 3. The molecule has 0 unspecified atom stereocenters. The highest BCUT2D eigenvalue weighted by Gasteiger charge is 2.26. The summed E-state index contributed by atoms with van der Waals surface area (Å²) in [4.78, 5) is 23.2. The van der Waals surface area contributed by atoms with Gasteiger partial charge in [-0.3, -0.25) is 19.6 Å². The van der Waals surface area contributed by atoms with Crippen molar-refractivity contribution in [2.75, 3.05) is 11.1 Å². The highest BCUT2D eigenvalue weighted by atomic mass is 16.2. The number of benzene rings is 1. The highest BCUT2D eigenvalue weighted by molar-refractivity contribution is 6.21. The fraction of sp³-hybridized carbons (Fsp3) is 0.214. The molecule has 0 radical (unpaired) electrons. The maximum atomic E-state index is 11.7. The molecule has 1 aromatic heterocycles. The maximum Gasteiger partial charge on any atom is 0.259 e. The Hall–Kier alpha value is -2.83. The van der Waals surface area contributed by atoms with E-state index >= 15 is 0 Å². The smallest absolute Gasteiger partial charge is 0.259 e. The molecule has 3 rings (SSSR count). The molecule has 4 N–H and O–H groups in total. The van der Waals surface area contributed by atoms with Crippen molar-refractivity contribution < 1.29 is 9.59 Å². The molecule has 1 aliphatic heterocycles. The second-order valence-electron chi connectivity index (χ2n) is 4.85. The molecule has 1 aliphatic rings. The first kappa shape index (κ1) is 13.2. The van der Waals surface area contributed by atoms with Gasteiger partial charge in [-0.1, -0.05) is 6.92 Å². The number of nitrogen functional groups attached to an aromatic ring is 1. The fourth-order valence-corrected chi connectivity index (χ4v) is 2.39. The van der Waals surface area contributed by atoms with Gasteiger partial charge in [-0.25, -0.2) is 0 Å². The highest BCUT2D eigenvalue weighted by Crippen LogP contribution is 2.28. The summed E-state index contributed by atoms with van der Waals surface area (Å²) in [6.07, 6.45) is 0.739. The van der Waals surface area contributed by atoms with Gasteiger partial charge >= 0.3 is 0 Å². The Labute approximate surface area is 121 Å². The van der Waals surface area contributed by atoms with Crippen LogP contribution in [0.1, 0.15) is 33.3 Å². The minimum Gasteiger partial charge on any atom is -0.394 e. The fourth-order valence-electron chi connectivity index (χ4n) is 2.39. The largest absolute Gasteiger partial charge is 0.394 e. The molecule has 0 aliphatic carbocycles. The van der Waals surface area contributed by atoms with E-state index < -0.39 is 0 Å². The lowest BCUT2D eigenvalue weighted by molar-refractivity contribution is 0.0879. The van der Waals surface area contributed by atoms with Crippen molar-refractivity contribution in [1.82, 2.24) is 15.1 Å². The molecule has 108 valence electrons. The van der Waals surface area contributed by atoms with Gasteiger partial charge in [0.05, 0.1) is 22.5 Å². The van der Waals surface area contributed by atoms with E-state index in [0.717, 1.165) is 12.1 Å². The average molecular weight is 285 g/mol. The Morgan fingerprint density at radius 2 is 2.00 bits per heavy atom. The summed E-state index contributed by atoms with van der Waals surface area (Å²) in [7, 11) is 1.79. The van der Waals surface area contributed by atoms with Crippen LogP contribution in [-0.4, -0.2) is 21.6 Å². The van der Waals surface area contributed by atoms with Gasteiger partial charge in [-0.15, -0.1) is 0 Å². The zero-order chi connectivity index (χ0) is 15.1. The standard InChI is InChI=1S/C14H15N5O2/c1-3-10-11(15)12(19(2)18-10)16-7-4-5-8-9(6-7)14(21)17-13(8)20/h4-6,16H,3,15H2,1-2H3,(H,17,20,21). The molecule has 7 heteroatoms. The summed E-state index contributed by atoms with van der Waals surface area (Å²) in [5, 5.41) is 9.73. The van der Waals surface area contributed by atoms with Crippen molar-refractivity contribution in [2.24, 2.45) is 7.05 Å². The first-order chi connectivity index (χ1) is 10.0. The summed E-state index contributed by atoms with van der Waals surface area (Å²) in [5.41, 5.74) is 8.87. The molecule has 2 amide bonds. The Balaban J connectivity index is 1.97. The number of aryl methyl sites for hydroxylation is 2. The predicted octanol–water partition coefficient (Wildman–Crippen LogP) is 1.19. The van der Waals surface area contributed by atoms with Crippen molar-refractivity contribution in [3.63, 3.8) is 0 Å². The van der Waals surface area contributed by atoms with Crippen LogP contribution in [0.2, 0.25) is 0 Å². The van der Waals surface area contributed by atoms with Crippen molar-refractivity contribution >= 4 is 29.0 Å². The van der Waals surface area contributed by atoms with Crippen LogP contribution in [0.5, 0.6) is 0 Å². The topological polar surface area (TPSA) is 102 Å². The van der Waals surface area contributed by atoms with Crippen molar-refractivity contribution in [2.45, 2.75) is 13.3 Å². The minimum absolute atomic E-state index is 0.362. The van der Waals surface area contributed by atoms with Gasteiger partial charge in [-0.2, -0.15) is 5.10 Å². The van der Waals surface area contributed by atoms with E-state index in [1.165, 1.54) is 0 Å². The third-order valence-electron chi connectivity index (χ3n) is 3.49. The summed E-state index contributed by atoms with van der Waals surface area (Å²) >= 11 is 0. The molecule has 0 spiro atoms. The zero-order valence-electron chi connectivity index (χ0n) is 11.7. The van der Waals surface area contributed by atoms with E-state index in [1.807, 2.05) is 6.92 Å². The molecule has 2 heterocycles. The van der Waals surface area contributed by atoms with Crippen LogP contribution in [0, 0.1) is 0 Å². The molecule has 7 nitrogen and oxygen atoms in total. The van der Waals surface area contributed by atoms with Crippen LogP contribution < -0.4 is 16.4 Å². The van der Waals surface area contributed by atoms with Crippen LogP contribution in [0.4, 0.5) is 17.2 Å². The number of aromatic nitrogens is 2. The van der Waals surface area contributed by atoms with E-state index in [2.05, 4.69) is 15.7 Å². The summed E-state index contributed by atoms with van der Waals surface area (Å²) in [6, 6.07) is 4.98. The molecule has 1 aromatic carbocycles. The van der Waals surface area contributed by atoms with Crippen LogP contribution in [-0.2, 0) is 13.5 Å². The van der Waals surface area contributed by atoms with Crippen molar-refractivity contribution in [1.29, 1.82) is 0 Å². The van der Waals surface area contributed by atoms with Gasteiger partial charge in [0.15, 0.2) is 5.82 Å². The third-order valence-corrected chi connectivity index (χ3v) is 3.49. The van der Waals surface area contributed by atoms with E-state index in [-0.39, 0.29) is 11.8 Å². The molecule has 21 heavy (non-hydrogen) atoms. The number of nitrogens with zero attached hydrogens (tertiary/aromatic N) is 2. The van der Waals surface area contributed by atoms with Crippen LogP contribution in [0.25, 0.3) is 0 Å². The van der Waals surface area contributed by atoms with Gasteiger partial charge in [-0.05, 0) is 24.6 Å². The van der Waals surface area contributed by atoms with E-state index in [9.17, 15) is 9.59 Å². The number of fused-ring (bicyclic) bond motifs is 1. The second kappa shape index (κ2) is 4.62. The van der Waals surface area contributed by atoms with Gasteiger partial charge < -0.3 is 11.1 Å². The number of nitrogens with two attached hydrogens (primary N) is 1. The van der Waals surface area contributed by atoms with Gasteiger partial charge in [0, 0.05) is 12.7 Å². The van der Waals surface area contributed by atoms with Crippen LogP contribution >= 0.6 is 0 Å². The molecular formula is C14H15N5O2. The van der Waals surface area contributed by atoms with E-state index in [1.54, 1.807) is 29.9 Å². The van der Waals surface area contributed by atoms with Crippen molar-refractivity contribution in [3.05, 3.63) is 35.0 Å². The first-order valence-electron chi connectivity index (χ1n) is 6.59. The lowest BCUT2D eigenvalue weighted by Gasteiger charge is -2.08. The molecular weight excluding hydrogens is 270 g/mol. The predicted molar refractivity (Wildman–Crippen MR) is 78.5 cm³/mol. The van der Waals surface area contributed by atoms with E-state index in [4.69, 9.17) is 5.73 Å². The SMILES string of the molecule is CCc1nn(C)c(Nc2ccc3c(c2)C(=O)NC3=O)c1N. The number of hydrogen-bond acceptors (Lipinski definition) is 5. The number of rotatable bonds is 3. The Kier molecular flexibility index (Phi) is 2.90. The Morgan fingerprint density at radius 1 is 1.29 bits per heavy atom. The number of imide groups is 1. The monoisotopic (exact) mass is 285 g/mol. The molecule has 2 aromatic rings. The third kappa shape index (κ3) is 2.03. The van der Waals surface area contributed by atoms with Crippen molar-refractivity contribution in [3.8, 4) is 0 Å². The average Bonchev–Trinajstić information content (AvgIpc) is 2.90. The Morgan fingerprint density at radius 3 is 2.67 bits per heavy atom. The number of carbonyl (C=O) groups is 2. The molecule has 0 fully saturated rings. The maximum absolute atomic E-state index is 11.7. The Bertz CT molecular complexity index is 763. The first-order valence-corrected chi connectivity index (χ1v) is 6.59. The number of carbonyl (C=O) groups excluding carboxylic acids is 2. The quantitative estimate of drug-likeness (QED) is 0.735. The van der Waals surface area contributed by atoms with Crippen LogP contribution in [0.3, 0.4) is 0 Å². The van der Waals surface area contributed by atoms with Crippen LogP contribution in [0.15, 0.2) is 18.2 Å². The molecule has 0 atom stereocenters. The summed E-state index contributed by atoms with van der Waals surface area (Å²) in [5.74, 6) is -0.0859. The number of amides is 2. The summed E-state index contributed by atoms with van der Waals surface area (Å²) < 4.78 is 1.66. The molecule has 0 bridgehead atoms. The minimum atomic E-state index is -0.383. The zero-order valence-corrected chi connectivity index (χ0v) is 11.7. The van der Waals surface area contributed by atoms with Gasteiger partial charge in [0.1, 0.15) is 0 Å². The second-order valence-corrected chi connectivity index (χ2v) is 4.85. The normalized spacial score (nSPS) is 13.2. The summed E-state index contributed by atoms with van der Waals surface area (Å²) in [6.45, 7) is 1.98. The number of hydrogen-bond donors (Lipinski definition) is 3. The molecule has 0 saturated carbocycles. The lowest BCUT2D eigenvalue weighted by Crippen LogP contribution is -2.19. The van der Waals surface area contributed by atoms with E-state index in [0.29, 0.717) is 28.3 Å². The number of nitrogens with one attached hydrogen (secondary N) is 2. The van der Waals surface area contributed by atoms with Gasteiger partial charge in [0.25, 0.3) is 11.8 Å². The lowest BCUT2D eigenvalue weighted by atomic mass is 10.1. The van der Waals surface area contributed by atoms with Gasteiger partial charge in [0.2, 0.25) is 0 Å².